The Morgan fingerprint density at radius 3 is 1.67 bits per heavy atom. The van der Waals surface area contributed by atoms with Crippen LogP contribution in [0.1, 0.15) is 84.5 Å². The van der Waals surface area contributed by atoms with Crippen molar-refractivity contribution in [3.05, 3.63) is 0 Å². The topological polar surface area (TPSA) is 0 Å². The quantitative estimate of drug-likeness (QED) is 0.540. The minimum atomic E-state index is 0.686. The SMILES string of the molecule is CC1(C)C2CCC1C(C1CC3CCC1CC3C1CC3CCC1C3)C2. The summed E-state index contributed by atoms with van der Waals surface area (Å²) >= 11 is 0. The van der Waals surface area contributed by atoms with Gasteiger partial charge in [-0.25, -0.2) is 0 Å². The molecule has 0 amide bonds. The fraction of sp³-hybridized carbons (Fsp3) is 1.00. The van der Waals surface area contributed by atoms with Gasteiger partial charge in [0.2, 0.25) is 0 Å². The standard InChI is InChI=1S/C24H38/c1-24(2)18-7-8-23(24)22(13-18)21-12-16-5-6-17(21)11-20(16)19-10-14-3-4-15(19)9-14/h14-23H,3-13H2,1-2H3. The van der Waals surface area contributed by atoms with E-state index in [4.69, 9.17) is 0 Å². The van der Waals surface area contributed by atoms with Gasteiger partial charge in [0.05, 0.1) is 0 Å². The number of hydrogen-bond acceptors (Lipinski definition) is 0. The van der Waals surface area contributed by atoms with E-state index >= 15 is 0 Å². The molecular weight excluding hydrogens is 288 g/mol. The lowest BCUT2D eigenvalue weighted by molar-refractivity contribution is -0.0385. The highest BCUT2D eigenvalue weighted by Crippen LogP contribution is 2.67. The highest BCUT2D eigenvalue weighted by Gasteiger charge is 2.58. The van der Waals surface area contributed by atoms with Crippen LogP contribution >= 0.6 is 0 Å². The molecule has 0 aromatic carbocycles. The van der Waals surface area contributed by atoms with Gasteiger partial charge in [-0.15, -0.1) is 0 Å². The van der Waals surface area contributed by atoms with Crippen molar-refractivity contribution in [2.75, 3.05) is 0 Å². The maximum atomic E-state index is 2.62. The summed E-state index contributed by atoms with van der Waals surface area (Å²) in [7, 11) is 0. The first kappa shape index (κ1) is 15.1. The Morgan fingerprint density at radius 1 is 0.542 bits per heavy atom. The molecule has 0 heterocycles. The fourth-order valence-corrected chi connectivity index (χ4v) is 9.97. The average molecular weight is 327 g/mol. The van der Waals surface area contributed by atoms with Crippen LogP contribution < -0.4 is 0 Å². The van der Waals surface area contributed by atoms with Gasteiger partial charge in [0.25, 0.3) is 0 Å². The van der Waals surface area contributed by atoms with Crippen LogP contribution in [0.2, 0.25) is 0 Å². The van der Waals surface area contributed by atoms with Crippen LogP contribution in [0.4, 0.5) is 0 Å². The van der Waals surface area contributed by atoms with Crippen molar-refractivity contribution in [3.63, 3.8) is 0 Å². The van der Waals surface area contributed by atoms with Crippen molar-refractivity contribution in [1.29, 1.82) is 0 Å². The van der Waals surface area contributed by atoms with Crippen molar-refractivity contribution >= 4 is 0 Å². The van der Waals surface area contributed by atoms with E-state index in [1.54, 1.807) is 70.6 Å². The van der Waals surface area contributed by atoms with E-state index in [-0.39, 0.29) is 0 Å². The fourth-order valence-electron chi connectivity index (χ4n) is 9.97. The van der Waals surface area contributed by atoms with Gasteiger partial charge in [-0.05, 0) is 129 Å². The van der Waals surface area contributed by atoms with Crippen LogP contribution in [0.5, 0.6) is 0 Å². The number of fused-ring (bicyclic) bond motifs is 7. The first-order valence-corrected chi connectivity index (χ1v) is 11.6. The largest absolute Gasteiger partial charge is 0.0594 e. The molecule has 0 spiro atoms. The summed E-state index contributed by atoms with van der Waals surface area (Å²) in [6.07, 6.45) is 17.8. The first-order valence-electron chi connectivity index (χ1n) is 11.6. The molecule has 0 radical (unpaired) electrons. The number of hydrogen-bond donors (Lipinski definition) is 0. The highest BCUT2D eigenvalue weighted by molar-refractivity contribution is 5.08. The zero-order chi connectivity index (χ0) is 16.1. The predicted molar refractivity (Wildman–Crippen MR) is 99.5 cm³/mol. The Kier molecular flexibility index (Phi) is 3.17. The van der Waals surface area contributed by atoms with E-state index in [1.807, 2.05) is 0 Å². The molecular formula is C24H38. The Labute approximate surface area is 149 Å². The van der Waals surface area contributed by atoms with Crippen molar-refractivity contribution in [3.8, 4) is 0 Å². The van der Waals surface area contributed by atoms with Crippen LogP contribution in [-0.4, -0.2) is 0 Å². The third-order valence-electron chi connectivity index (χ3n) is 11.1. The summed E-state index contributed by atoms with van der Waals surface area (Å²) in [5.41, 5.74) is 0.686. The van der Waals surface area contributed by atoms with Gasteiger partial charge in [0.1, 0.15) is 0 Å². The van der Waals surface area contributed by atoms with Crippen molar-refractivity contribution in [2.24, 2.45) is 64.6 Å². The normalized spacial score (nSPS) is 60.2. The zero-order valence-electron chi connectivity index (χ0n) is 16.1. The van der Waals surface area contributed by atoms with Gasteiger partial charge in [-0.1, -0.05) is 20.3 Å². The second-order valence-corrected chi connectivity index (χ2v) is 11.8. The molecule has 0 heteroatoms. The molecule has 0 aliphatic heterocycles. The van der Waals surface area contributed by atoms with E-state index in [1.165, 1.54) is 17.8 Å². The predicted octanol–water partition coefficient (Wildman–Crippen LogP) is 6.55. The Hall–Kier alpha value is 0. The summed E-state index contributed by atoms with van der Waals surface area (Å²) < 4.78 is 0. The van der Waals surface area contributed by atoms with E-state index in [9.17, 15) is 0 Å². The molecule has 134 valence electrons. The third-order valence-corrected chi connectivity index (χ3v) is 11.1. The molecule has 0 N–H and O–H groups in total. The van der Waals surface area contributed by atoms with Crippen molar-refractivity contribution in [2.45, 2.75) is 84.5 Å². The monoisotopic (exact) mass is 326 g/mol. The van der Waals surface area contributed by atoms with E-state index in [2.05, 4.69) is 13.8 Å². The van der Waals surface area contributed by atoms with Gasteiger partial charge < -0.3 is 0 Å². The lowest BCUT2D eigenvalue weighted by Gasteiger charge is -2.53. The van der Waals surface area contributed by atoms with Crippen LogP contribution in [-0.2, 0) is 0 Å². The Morgan fingerprint density at radius 2 is 1.17 bits per heavy atom. The maximum Gasteiger partial charge on any atom is -0.0295 e. The minimum absolute atomic E-state index is 0.686. The Balaban J connectivity index is 1.20. The van der Waals surface area contributed by atoms with Gasteiger partial charge in [0.15, 0.2) is 0 Å². The van der Waals surface area contributed by atoms with Crippen LogP contribution in [0, 0.1) is 64.6 Å². The third kappa shape index (κ3) is 1.92. The molecule has 0 nitrogen and oxygen atoms in total. The van der Waals surface area contributed by atoms with Gasteiger partial charge in [-0.3, -0.25) is 0 Å². The van der Waals surface area contributed by atoms with E-state index < -0.39 is 0 Å². The molecule has 7 fully saturated rings. The molecule has 7 rings (SSSR count). The second kappa shape index (κ2) is 5.04. The first-order chi connectivity index (χ1) is 11.6. The lowest BCUT2D eigenvalue weighted by atomic mass is 9.52. The summed E-state index contributed by atoms with van der Waals surface area (Å²) in [6.45, 7) is 5.24. The number of rotatable bonds is 2. The van der Waals surface area contributed by atoms with Crippen molar-refractivity contribution in [1.82, 2.24) is 0 Å². The average Bonchev–Trinajstić information content (AvgIpc) is 3.35. The Bertz CT molecular complexity index is 518. The molecule has 0 aromatic heterocycles. The lowest BCUT2D eigenvalue weighted by Crippen LogP contribution is -2.45. The van der Waals surface area contributed by atoms with E-state index in [0.29, 0.717) is 5.41 Å². The van der Waals surface area contributed by atoms with Crippen LogP contribution in [0.25, 0.3) is 0 Å². The maximum absolute atomic E-state index is 2.62. The minimum Gasteiger partial charge on any atom is -0.0594 e. The summed E-state index contributed by atoms with van der Waals surface area (Å²) in [5.74, 6) is 11.4. The van der Waals surface area contributed by atoms with Gasteiger partial charge in [-0.2, -0.15) is 0 Å². The summed E-state index contributed by atoms with van der Waals surface area (Å²) in [6, 6.07) is 0. The summed E-state index contributed by atoms with van der Waals surface area (Å²) in [5, 5.41) is 0. The molecule has 7 saturated carbocycles. The second-order valence-electron chi connectivity index (χ2n) is 11.8. The molecule has 24 heavy (non-hydrogen) atoms. The molecule has 7 aliphatic rings. The smallest absolute Gasteiger partial charge is 0.0295 e. The van der Waals surface area contributed by atoms with Crippen molar-refractivity contribution < 1.29 is 0 Å². The molecule has 10 atom stereocenters. The molecule has 0 aromatic rings. The summed E-state index contributed by atoms with van der Waals surface area (Å²) in [4.78, 5) is 0. The molecule has 7 aliphatic carbocycles. The van der Waals surface area contributed by atoms with Gasteiger partial charge in [0, 0.05) is 0 Å². The highest BCUT2D eigenvalue weighted by atomic mass is 14.6. The van der Waals surface area contributed by atoms with Crippen LogP contribution in [0.15, 0.2) is 0 Å². The van der Waals surface area contributed by atoms with E-state index in [0.717, 1.165) is 41.4 Å². The van der Waals surface area contributed by atoms with Gasteiger partial charge >= 0.3 is 0 Å². The zero-order valence-corrected chi connectivity index (χ0v) is 16.1. The van der Waals surface area contributed by atoms with Crippen LogP contribution in [0.3, 0.4) is 0 Å². The molecule has 6 bridgehead atoms. The molecule has 0 saturated heterocycles. The molecule has 10 unspecified atom stereocenters.